The molecule has 2 heterocycles. The van der Waals surface area contributed by atoms with Crippen molar-refractivity contribution in [3.63, 3.8) is 0 Å². The normalized spacial score (nSPS) is 15.3. The molecule has 0 unspecified atom stereocenters. The molecule has 0 N–H and O–H groups in total. The highest BCUT2D eigenvalue weighted by molar-refractivity contribution is 7.89. The van der Waals surface area contributed by atoms with Gasteiger partial charge in [-0.2, -0.15) is 9.29 Å². The summed E-state index contributed by atoms with van der Waals surface area (Å²) < 4.78 is 37.8. The van der Waals surface area contributed by atoms with Crippen LogP contribution < -0.4 is 4.74 Å². The van der Waals surface area contributed by atoms with E-state index in [9.17, 15) is 8.42 Å². The Bertz CT molecular complexity index is 1130. The van der Waals surface area contributed by atoms with Crippen molar-refractivity contribution in [1.82, 2.24) is 14.4 Å². The standard InChI is InChI=1S/C21H23N3O4S/c1-14-8-9-18(10-15(14)2)29(25,26)24-12-17(13-24)21-22-20(23-28-21)11-16-6-4-5-7-19(16)27-3/h4-10,17H,11-13H2,1-3H3. The molecule has 2 aromatic carbocycles. The Labute approximate surface area is 170 Å². The molecule has 0 atom stereocenters. The SMILES string of the molecule is COc1ccccc1Cc1noc(C2CN(S(=O)(=O)c3ccc(C)c(C)c3)C2)n1. The molecule has 1 aliphatic heterocycles. The molecule has 0 spiro atoms. The monoisotopic (exact) mass is 413 g/mol. The maximum Gasteiger partial charge on any atom is 0.243 e. The molecule has 0 amide bonds. The van der Waals surface area contributed by atoms with Crippen molar-refractivity contribution in [3.8, 4) is 5.75 Å². The summed E-state index contributed by atoms with van der Waals surface area (Å²) in [5, 5.41) is 4.05. The average molecular weight is 413 g/mol. The molecular formula is C21H23N3O4S. The number of nitrogens with zero attached hydrogens (tertiary/aromatic N) is 3. The van der Waals surface area contributed by atoms with Gasteiger partial charge in [0.05, 0.1) is 17.9 Å². The lowest BCUT2D eigenvalue weighted by atomic mass is 10.0. The number of hydrogen-bond acceptors (Lipinski definition) is 6. The molecule has 0 bridgehead atoms. The molecule has 152 valence electrons. The molecule has 1 aromatic heterocycles. The van der Waals surface area contributed by atoms with Gasteiger partial charge < -0.3 is 9.26 Å². The van der Waals surface area contributed by atoms with Gasteiger partial charge in [0.25, 0.3) is 0 Å². The van der Waals surface area contributed by atoms with Gasteiger partial charge in [0.2, 0.25) is 15.9 Å². The summed E-state index contributed by atoms with van der Waals surface area (Å²) >= 11 is 0. The molecule has 3 aromatic rings. The van der Waals surface area contributed by atoms with Gasteiger partial charge in [-0.25, -0.2) is 8.42 Å². The van der Waals surface area contributed by atoms with E-state index in [4.69, 9.17) is 9.26 Å². The molecule has 0 aliphatic carbocycles. The summed E-state index contributed by atoms with van der Waals surface area (Å²) in [5.74, 6) is 1.71. The fourth-order valence-corrected chi connectivity index (χ4v) is 4.95. The third kappa shape index (κ3) is 3.77. The van der Waals surface area contributed by atoms with E-state index < -0.39 is 10.0 Å². The number of ether oxygens (including phenoxy) is 1. The highest BCUT2D eigenvalue weighted by Gasteiger charge is 2.40. The fourth-order valence-electron chi connectivity index (χ4n) is 3.34. The first-order valence-corrected chi connectivity index (χ1v) is 10.8. The molecule has 7 nitrogen and oxygen atoms in total. The minimum absolute atomic E-state index is 0.0877. The lowest BCUT2D eigenvalue weighted by molar-refractivity contribution is 0.216. The van der Waals surface area contributed by atoms with Gasteiger partial charge in [0, 0.05) is 25.1 Å². The number of sulfonamides is 1. The Morgan fingerprint density at radius 2 is 1.90 bits per heavy atom. The van der Waals surface area contributed by atoms with Crippen molar-refractivity contribution in [2.24, 2.45) is 0 Å². The summed E-state index contributed by atoms with van der Waals surface area (Å²) in [6.07, 6.45) is 0.491. The lowest BCUT2D eigenvalue weighted by Crippen LogP contribution is -2.48. The number of methoxy groups -OCH3 is 1. The Hall–Kier alpha value is -2.71. The van der Waals surface area contributed by atoms with Crippen LogP contribution in [0.25, 0.3) is 0 Å². The maximum atomic E-state index is 12.8. The Balaban J connectivity index is 1.43. The highest BCUT2D eigenvalue weighted by Crippen LogP contribution is 2.32. The lowest BCUT2D eigenvalue weighted by Gasteiger charge is -2.35. The average Bonchev–Trinajstić information content (AvgIpc) is 3.10. The van der Waals surface area contributed by atoms with Crippen molar-refractivity contribution in [2.75, 3.05) is 20.2 Å². The summed E-state index contributed by atoms with van der Waals surface area (Å²) in [7, 11) is -1.88. The first kappa shape index (κ1) is 19.6. The van der Waals surface area contributed by atoms with Crippen LogP contribution in [0.4, 0.5) is 0 Å². The molecule has 29 heavy (non-hydrogen) atoms. The van der Waals surface area contributed by atoms with Crippen LogP contribution in [0.3, 0.4) is 0 Å². The predicted octanol–water partition coefficient (Wildman–Crippen LogP) is 3.07. The van der Waals surface area contributed by atoms with Gasteiger partial charge in [0.15, 0.2) is 5.82 Å². The second-order valence-electron chi connectivity index (χ2n) is 7.30. The van der Waals surface area contributed by atoms with Crippen molar-refractivity contribution in [2.45, 2.75) is 31.1 Å². The van der Waals surface area contributed by atoms with E-state index >= 15 is 0 Å². The molecule has 0 saturated carbocycles. The zero-order valence-electron chi connectivity index (χ0n) is 16.6. The van der Waals surface area contributed by atoms with Crippen molar-refractivity contribution >= 4 is 10.0 Å². The van der Waals surface area contributed by atoms with E-state index in [1.165, 1.54) is 4.31 Å². The largest absolute Gasteiger partial charge is 0.496 e. The van der Waals surface area contributed by atoms with Gasteiger partial charge in [-0.3, -0.25) is 0 Å². The summed E-state index contributed by atoms with van der Waals surface area (Å²) in [6.45, 7) is 4.55. The Morgan fingerprint density at radius 3 is 2.62 bits per heavy atom. The number of para-hydroxylation sites is 1. The van der Waals surface area contributed by atoms with E-state index in [1.807, 2.05) is 44.2 Å². The number of rotatable bonds is 6. The topological polar surface area (TPSA) is 85.5 Å². The zero-order chi connectivity index (χ0) is 20.6. The first-order valence-electron chi connectivity index (χ1n) is 9.40. The Morgan fingerprint density at radius 1 is 1.14 bits per heavy atom. The molecule has 1 saturated heterocycles. The van der Waals surface area contributed by atoms with Crippen LogP contribution in [-0.4, -0.2) is 43.1 Å². The van der Waals surface area contributed by atoms with Crippen molar-refractivity contribution in [3.05, 3.63) is 70.9 Å². The molecule has 8 heteroatoms. The zero-order valence-corrected chi connectivity index (χ0v) is 17.4. The molecule has 0 radical (unpaired) electrons. The van der Waals surface area contributed by atoms with Crippen LogP contribution >= 0.6 is 0 Å². The maximum absolute atomic E-state index is 12.8. The number of benzene rings is 2. The van der Waals surface area contributed by atoms with Crippen molar-refractivity contribution < 1.29 is 17.7 Å². The van der Waals surface area contributed by atoms with Gasteiger partial charge in [-0.05, 0) is 43.2 Å². The molecule has 1 aliphatic rings. The third-order valence-electron chi connectivity index (χ3n) is 5.34. The molecular weight excluding hydrogens is 390 g/mol. The number of hydrogen-bond donors (Lipinski definition) is 0. The van der Waals surface area contributed by atoms with Crippen LogP contribution in [0.5, 0.6) is 5.75 Å². The predicted molar refractivity (Wildman–Crippen MR) is 108 cm³/mol. The minimum Gasteiger partial charge on any atom is -0.496 e. The number of aryl methyl sites for hydroxylation is 2. The van der Waals surface area contributed by atoms with Gasteiger partial charge in [-0.1, -0.05) is 29.4 Å². The third-order valence-corrected chi connectivity index (χ3v) is 7.17. The quantitative estimate of drug-likeness (QED) is 0.617. The van der Waals surface area contributed by atoms with Crippen LogP contribution in [0, 0.1) is 13.8 Å². The van der Waals surface area contributed by atoms with E-state index in [1.54, 1.807) is 19.2 Å². The van der Waals surface area contributed by atoms with Gasteiger partial charge in [0.1, 0.15) is 5.75 Å². The smallest absolute Gasteiger partial charge is 0.243 e. The van der Waals surface area contributed by atoms with Gasteiger partial charge in [-0.15, -0.1) is 0 Å². The van der Waals surface area contributed by atoms with E-state index in [2.05, 4.69) is 10.1 Å². The number of aromatic nitrogens is 2. The summed E-state index contributed by atoms with van der Waals surface area (Å²) in [5.41, 5.74) is 3.00. The fraction of sp³-hybridized carbons (Fsp3) is 0.333. The second kappa shape index (κ2) is 7.61. The summed E-state index contributed by atoms with van der Waals surface area (Å²) in [4.78, 5) is 4.78. The van der Waals surface area contributed by atoms with E-state index in [-0.39, 0.29) is 5.92 Å². The molecule has 1 fully saturated rings. The highest BCUT2D eigenvalue weighted by atomic mass is 32.2. The molecule has 4 rings (SSSR count). The van der Waals surface area contributed by atoms with Crippen molar-refractivity contribution in [1.29, 1.82) is 0 Å². The van der Waals surface area contributed by atoms with E-state index in [0.717, 1.165) is 22.4 Å². The van der Waals surface area contributed by atoms with Crippen LogP contribution in [-0.2, 0) is 16.4 Å². The van der Waals surface area contributed by atoms with Crippen LogP contribution in [0.2, 0.25) is 0 Å². The second-order valence-corrected chi connectivity index (χ2v) is 9.24. The van der Waals surface area contributed by atoms with Crippen LogP contribution in [0.15, 0.2) is 51.9 Å². The first-order chi connectivity index (χ1) is 13.9. The van der Waals surface area contributed by atoms with E-state index in [0.29, 0.717) is 36.1 Å². The minimum atomic E-state index is -3.51. The van der Waals surface area contributed by atoms with Crippen LogP contribution in [0.1, 0.15) is 34.3 Å². The Kier molecular flexibility index (Phi) is 5.14. The summed E-state index contributed by atoms with van der Waals surface area (Å²) in [6, 6.07) is 12.9. The van der Waals surface area contributed by atoms with Gasteiger partial charge >= 0.3 is 0 Å².